The van der Waals surface area contributed by atoms with Crippen LogP contribution in [-0.2, 0) is 13.1 Å². The Balaban J connectivity index is 1.69. The SMILES string of the molecule is Cc1ccc(CNCc2nc3ccsc3c(=O)[nH]2)s1. The molecule has 0 aromatic carbocycles. The molecule has 3 aromatic rings. The molecule has 0 unspecified atom stereocenters. The molecule has 0 spiro atoms. The maximum Gasteiger partial charge on any atom is 0.268 e. The Kier molecular flexibility index (Phi) is 3.46. The number of rotatable bonds is 4. The van der Waals surface area contributed by atoms with Crippen LogP contribution >= 0.6 is 22.7 Å². The maximum absolute atomic E-state index is 11.8. The van der Waals surface area contributed by atoms with Gasteiger partial charge < -0.3 is 10.3 Å². The Morgan fingerprint density at radius 3 is 3.00 bits per heavy atom. The summed E-state index contributed by atoms with van der Waals surface area (Å²) in [5.41, 5.74) is 0.723. The number of aromatic nitrogens is 2. The second-order valence-corrected chi connectivity index (χ2v) is 6.55. The van der Waals surface area contributed by atoms with Gasteiger partial charge in [0.25, 0.3) is 5.56 Å². The van der Waals surface area contributed by atoms with E-state index in [0.29, 0.717) is 17.1 Å². The highest BCUT2D eigenvalue weighted by molar-refractivity contribution is 7.17. The fraction of sp³-hybridized carbons (Fsp3) is 0.231. The van der Waals surface area contributed by atoms with Gasteiger partial charge in [-0.15, -0.1) is 22.7 Å². The molecule has 0 saturated heterocycles. The molecule has 0 amide bonds. The lowest BCUT2D eigenvalue weighted by Gasteiger charge is -2.02. The predicted octanol–water partition coefficient (Wildman–Crippen LogP) is 2.64. The number of thiophene rings is 2. The molecule has 2 N–H and O–H groups in total. The monoisotopic (exact) mass is 291 g/mol. The van der Waals surface area contributed by atoms with Crippen LogP contribution in [0.2, 0.25) is 0 Å². The minimum Gasteiger partial charge on any atom is -0.308 e. The molecule has 3 aromatic heterocycles. The zero-order chi connectivity index (χ0) is 13.2. The number of aromatic amines is 1. The molecule has 4 nitrogen and oxygen atoms in total. The topological polar surface area (TPSA) is 57.8 Å². The molecule has 0 atom stereocenters. The third kappa shape index (κ3) is 2.75. The van der Waals surface area contributed by atoms with Gasteiger partial charge in [0.05, 0.1) is 12.1 Å². The molecule has 0 saturated carbocycles. The lowest BCUT2D eigenvalue weighted by molar-refractivity contribution is 0.669. The Hall–Kier alpha value is -1.50. The zero-order valence-corrected chi connectivity index (χ0v) is 12.0. The summed E-state index contributed by atoms with van der Waals surface area (Å²) in [6.07, 6.45) is 0. The van der Waals surface area contributed by atoms with Gasteiger partial charge in [0.1, 0.15) is 10.5 Å². The minimum atomic E-state index is -0.0521. The highest BCUT2D eigenvalue weighted by Gasteiger charge is 2.04. The summed E-state index contributed by atoms with van der Waals surface area (Å²) in [4.78, 5) is 21.6. The molecule has 0 aliphatic carbocycles. The van der Waals surface area contributed by atoms with Crippen LogP contribution in [0.25, 0.3) is 10.2 Å². The number of H-pyrrole nitrogens is 1. The third-order valence-corrected chi connectivity index (χ3v) is 4.65. The maximum atomic E-state index is 11.8. The van der Waals surface area contributed by atoms with Gasteiger partial charge in [-0.25, -0.2) is 4.98 Å². The summed E-state index contributed by atoms with van der Waals surface area (Å²) in [6.45, 7) is 3.46. The summed E-state index contributed by atoms with van der Waals surface area (Å²) in [6, 6.07) is 6.10. The Morgan fingerprint density at radius 2 is 2.21 bits per heavy atom. The van der Waals surface area contributed by atoms with Crippen molar-refractivity contribution in [3.63, 3.8) is 0 Å². The van der Waals surface area contributed by atoms with E-state index in [2.05, 4.69) is 34.3 Å². The van der Waals surface area contributed by atoms with E-state index in [1.165, 1.54) is 21.1 Å². The lowest BCUT2D eigenvalue weighted by Crippen LogP contribution is -2.18. The number of hydrogen-bond acceptors (Lipinski definition) is 5. The first kappa shape index (κ1) is 12.5. The van der Waals surface area contributed by atoms with Crippen molar-refractivity contribution in [1.29, 1.82) is 0 Å². The van der Waals surface area contributed by atoms with Gasteiger partial charge in [-0.2, -0.15) is 0 Å². The number of fused-ring (bicyclic) bond motifs is 1. The van der Waals surface area contributed by atoms with E-state index in [4.69, 9.17) is 0 Å². The smallest absolute Gasteiger partial charge is 0.268 e. The first-order valence-corrected chi connectivity index (χ1v) is 7.64. The first-order valence-electron chi connectivity index (χ1n) is 5.95. The molecular weight excluding hydrogens is 278 g/mol. The second kappa shape index (κ2) is 5.24. The lowest BCUT2D eigenvalue weighted by atomic mass is 10.4. The van der Waals surface area contributed by atoms with Crippen LogP contribution in [0.5, 0.6) is 0 Å². The van der Waals surface area contributed by atoms with E-state index >= 15 is 0 Å². The van der Waals surface area contributed by atoms with Crippen LogP contribution in [0.1, 0.15) is 15.6 Å². The Labute approximate surface area is 118 Å². The zero-order valence-electron chi connectivity index (χ0n) is 10.4. The van der Waals surface area contributed by atoms with Crippen molar-refractivity contribution in [3.05, 3.63) is 49.5 Å². The minimum absolute atomic E-state index is 0.0521. The molecule has 0 aliphatic heterocycles. The van der Waals surface area contributed by atoms with Crippen LogP contribution in [0.15, 0.2) is 28.4 Å². The van der Waals surface area contributed by atoms with Gasteiger partial charge in [0, 0.05) is 16.3 Å². The predicted molar refractivity (Wildman–Crippen MR) is 79.8 cm³/mol. The van der Waals surface area contributed by atoms with E-state index in [1.807, 2.05) is 11.4 Å². The Morgan fingerprint density at radius 1 is 1.32 bits per heavy atom. The average Bonchev–Trinajstić information content (AvgIpc) is 2.98. The van der Waals surface area contributed by atoms with Crippen LogP contribution in [0.4, 0.5) is 0 Å². The van der Waals surface area contributed by atoms with Gasteiger partial charge in [-0.1, -0.05) is 0 Å². The molecule has 0 fully saturated rings. The average molecular weight is 291 g/mol. The first-order chi connectivity index (χ1) is 9.22. The number of nitrogens with zero attached hydrogens (tertiary/aromatic N) is 1. The van der Waals surface area contributed by atoms with E-state index in [0.717, 1.165) is 12.1 Å². The van der Waals surface area contributed by atoms with Crippen LogP contribution in [-0.4, -0.2) is 9.97 Å². The van der Waals surface area contributed by atoms with Crippen molar-refractivity contribution in [2.24, 2.45) is 0 Å². The molecular formula is C13H13N3OS2. The highest BCUT2D eigenvalue weighted by atomic mass is 32.1. The molecule has 0 aliphatic rings. The molecule has 3 heterocycles. The van der Waals surface area contributed by atoms with Crippen molar-refractivity contribution >= 4 is 32.9 Å². The van der Waals surface area contributed by atoms with Crippen molar-refractivity contribution in [3.8, 4) is 0 Å². The van der Waals surface area contributed by atoms with Crippen molar-refractivity contribution in [2.45, 2.75) is 20.0 Å². The summed E-state index contributed by atoms with van der Waals surface area (Å²) in [5, 5.41) is 5.18. The normalized spacial score (nSPS) is 11.2. The van der Waals surface area contributed by atoms with E-state index < -0.39 is 0 Å². The van der Waals surface area contributed by atoms with Gasteiger partial charge in [0.2, 0.25) is 0 Å². The van der Waals surface area contributed by atoms with E-state index in [9.17, 15) is 4.79 Å². The largest absolute Gasteiger partial charge is 0.308 e. The summed E-state index contributed by atoms with van der Waals surface area (Å²) in [5.74, 6) is 0.684. The van der Waals surface area contributed by atoms with Crippen molar-refractivity contribution in [1.82, 2.24) is 15.3 Å². The summed E-state index contributed by atoms with van der Waals surface area (Å²) >= 11 is 3.20. The molecule has 6 heteroatoms. The van der Waals surface area contributed by atoms with Gasteiger partial charge in [-0.3, -0.25) is 4.79 Å². The van der Waals surface area contributed by atoms with Crippen LogP contribution in [0, 0.1) is 6.92 Å². The van der Waals surface area contributed by atoms with Crippen LogP contribution < -0.4 is 10.9 Å². The van der Waals surface area contributed by atoms with E-state index in [1.54, 1.807) is 11.3 Å². The van der Waals surface area contributed by atoms with E-state index in [-0.39, 0.29) is 5.56 Å². The quantitative estimate of drug-likeness (QED) is 0.777. The molecule has 19 heavy (non-hydrogen) atoms. The van der Waals surface area contributed by atoms with Crippen molar-refractivity contribution < 1.29 is 0 Å². The fourth-order valence-electron chi connectivity index (χ4n) is 1.89. The van der Waals surface area contributed by atoms with Gasteiger partial charge in [0.15, 0.2) is 0 Å². The molecule has 98 valence electrons. The number of aryl methyl sites for hydroxylation is 1. The van der Waals surface area contributed by atoms with Crippen molar-refractivity contribution in [2.75, 3.05) is 0 Å². The number of hydrogen-bond donors (Lipinski definition) is 2. The molecule has 3 rings (SSSR count). The highest BCUT2D eigenvalue weighted by Crippen LogP contribution is 2.15. The second-order valence-electron chi connectivity index (χ2n) is 4.26. The number of nitrogens with one attached hydrogen (secondary N) is 2. The molecule has 0 bridgehead atoms. The standard InChI is InChI=1S/C13H13N3OS2/c1-8-2-3-9(19-8)6-14-7-11-15-10-4-5-18-12(10)13(17)16-11/h2-5,14H,6-7H2,1H3,(H,15,16,17). The Bertz CT molecular complexity index is 756. The fourth-order valence-corrected chi connectivity index (χ4v) is 3.48. The van der Waals surface area contributed by atoms with Gasteiger partial charge >= 0.3 is 0 Å². The van der Waals surface area contributed by atoms with Crippen LogP contribution in [0.3, 0.4) is 0 Å². The summed E-state index contributed by atoms with van der Waals surface area (Å²) < 4.78 is 0.692. The molecule has 0 radical (unpaired) electrons. The summed E-state index contributed by atoms with van der Waals surface area (Å²) in [7, 11) is 0. The third-order valence-electron chi connectivity index (χ3n) is 2.75. The van der Waals surface area contributed by atoms with Gasteiger partial charge in [-0.05, 0) is 30.5 Å².